The van der Waals surface area contributed by atoms with E-state index in [0.717, 1.165) is 12.5 Å². The summed E-state index contributed by atoms with van der Waals surface area (Å²) in [6.45, 7) is 3.26. The zero-order valence-corrected chi connectivity index (χ0v) is 18.5. The number of hydrogen-bond acceptors (Lipinski definition) is 7. The fourth-order valence-corrected chi connectivity index (χ4v) is 4.11. The van der Waals surface area contributed by atoms with Crippen molar-refractivity contribution in [2.24, 2.45) is 5.92 Å². The van der Waals surface area contributed by atoms with Gasteiger partial charge in [-0.1, -0.05) is 19.8 Å². The number of nitrogen functional groups attached to an aromatic ring is 2. The second-order valence-electron chi connectivity index (χ2n) is 8.53. The molecule has 1 aliphatic carbocycles. The monoisotopic (exact) mass is 440 g/mol. The van der Waals surface area contributed by atoms with Crippen molar-refractivity contribution in [3.05, 3.63) is 59.7 Å². The van der Waals surface area contributed by atoms with E-state index in [0.29, 0.717) is 28.1 Å². The molecule has 7 nitrogen and oxygen atoms in total. The van der Waals surface area contributed by atoms with Crippen LogP contribution in [0.2, 0.25) is 0 Å². The van der Waals surface area contributed by atoms with Gasteiger partial charge in [-0.05, 0) is 73.7 Å². The lowest BCUT2D eigenvalue weighted by Crippen LogP contribution is -2.22. The Labute approximate surface area is 189 Å². The van der Waals surface area contributed by atoms with Crippen molar-refractivity contribution in [2.45, 2.75) is 44.6 Å². The maximum Gasteiger partial charge on any atom is 0.338 e. The van der Waals surface area contributed by atoms with Crippen molar-refractivity contribution >= 4 is 23.3 Å². The molecule has 2 aliphatic rings. The van der Waals surface area contributed by atoms with Crippen LogP contribution in [-0.2, 0) is 14.2 Å². The number of ether oxygens (including phenoxy) is 3. The van der Waals surface area contributed by atoms with Crippen LogP contribution in [0.25, 0.3) is 0 Å². The molecule has 2 aromatic rings. The van der Waals surface area contributed by atoms with E-state index in [4.69, 9.17) is 25.7 Å². The van der Waals surface area contributed by atoms with Gasteiger partial charge in [0, 0.05) is 18.0 Å². The number of benzene rings is 2. The van der Waals surface area contributed by atoms with Crippen molar-refractivity contribution in [3.8, 4) is 0 Å². The van der Waals surface area contributed by atoms with Gasteiger partial charge in [-0.15, -0.1) is 0 Å². The molecule has 1 spiro atoms. The number of carbonyl (C=O) groups is 2. The quantitative estimate of drug-likeness (QED) is 0.406. The summed E-state index contributed by atoms with van der Waals surface area (Å²) < 4.78 is 15.8. The summed E-state index contributed by atoms with van der Waals surface area (Å²) in [5.41, 5.74) is 13.3. The first-order valence-corrected chi connectivity index (χ1v) is 11.1. The summed E-state index contributed by atoms with van der Waals surface area (Å²) in [6, 6.07) is 12.7. The van der Waals surface area contributed by atoms with Crippen LogP contribution in [0, 0.1) is 5.92 Å². The van der Waals surface area contributed by atoms with E-state index in [1.165, 1.54) is 32.1 Å². The van der Waals surface area contributed by atoms with E-state index < -0.39 is 11.9 Å². The zero-order chi connectivity index (χ0) is 23.0. The molecule has 0 aromatic heterocycles. The van der Waals surface area contributed by atoms with Crippen LogP contribution in [-0.4, -0.2) is 37.4 Å². The molecule has 1 unspecified atom stereocenters. The zero-order valence-electron chi connectivity index (χ0n) is 18.5. The first-order valence-electron chi connectivity index (χ1n) is 11.1. The van der Waals surface area contributed by atoms with Crippen molar-refractivity contribution in [3.63, 3.8) is 0 Å². The summed E-state index contributed by atoms with van der Waals surface area (Å²) in [6.07, 6.45) is 6.78. The summed E-state index contributed by atoms with van der Waals surface area (Å²) >= 11 is 0. The molecule has 2 fully saturated rings. The Kier molecular flexibility index (Phi) is 8.11. The molecule has 7 heteroatoms. The molecule has 172 valence electrons. The molecule has 1 aliphatic heterocycles. The highest BCUT2D eigenvalue weighted by molar-refractivity contribution is 5.90. The number of hydrogen-bond donors (Lipinski definition) is 2. The van der Waals surface area contributed by atoms with Crippen LogP contribution in [0.5, 0.6) is 0 Å². The van der Waals surface area contributed by atoms with Crippen LogP contribution < -0.4 is 11.5 Å². The number of anilines is 2. The Morgan fingerprint density at radius 3 is 1.69 bits per heavy atom. The van der Waals surface area contributed by atoms with Crippen LogP contribution in [0.15, 0.2) is 48.5 Å². The van der Waals surface area contributed by atoms with Crippen molar-refractivity contribution in [1.29, 1.82) is 0 Å². The van der Waals surface area contributed by atoms with E-state index in [2.05, 4.69) is 6.92 Å². The molecule has 1 saturated heterocycles. The molecule has 0 radical (unpaired) electrons. The molecule has 1 heterocycles. The molecular weight excluding hydrogens is 408 g/mol. The summed E-state index contributed by atoms with van der Waals surface area (Å²) in [4.78, 5) is 23.4. The van der Waals surface area contributed by atoms with Crippen molar-refractivity contribution in [1.82, 2.24) is 0 Å². The third kappa shape index (κ3) is 6.72. The van der Waals surface area contributed by atoms with E-state index in [1.807, 2.05) is 0 Å². The van der Waals surface area contributed by atoms with Gasteiger partial charge in [0.1, 0.15) is 13.2 Å². The van der Waals surface area contributed by atoms with Gasteiger partial charge in [-0.2, -0.15) is 0 Å². The highest BCUT2D eigenvalue weighted by atomic mass is 16.6. The SMILES string of the molecule is CC1COC2(CCCC2)C1.Nc1ccc(C(=O)OCCOC(=O)c2ccc(N)cc2)cc1. The molecule has 0 bridgehead atoms. The Morgan fingerprint density at radius 2 is 1.31 bits per heavy atom. The van der Waals surface area contributed by atoms with E-state index in [1.54, 1.807) is 48.5 Å². The lowest BCUT2D eigenvalue weighted by Gasteiger charge is -2.21. The Hall–Kier alpha value is -3.06. The molecule has 2 aromatic carbocycles. The van der Waals surface area contributed by atoms with Gasteiger partial charge in [0.15, 0.2) is 0 Å². The van der Waals surface area contributed by atoms with Crippen molar-refractivity contribution < 1.29 is 23.8 Å². The molecule has 4 rings (SSSR count). The second-order valence-corrected chi connectivity index (χ2v) is 8.53. The first-order chi connectivity index (χ1) is 15.4. The minimum absolute atomic E-state index is 0.0239. The highest BCUT2D eigenvalue weighted by Crippen LogP contribution is 2.42. The maximum absolute atomic E-state index is 11.7. The summed E-state index contributed by atoms with van der Waals surface area (Å²) in [5, 5.41) is 0. The number of rotatable bonds is 5. The number of nitrogens with two attached hydrogens (primary N) is 2. The van der Waals surface area contributed by atoms with Crippen LogP contribution in [0.1, 0.15) is 59.7 Å². The van der Waals surface area contributed by atoms with Gasteiger partial charge in [0.05, 0.1) is 16.7 Å². The largest absolute Gasteiger partial charge is 0.458 e. The third-order valence-corrected chi connectivity index (χ3v) is 5.75. The minimum Gasteiger partial charge on any atom is -0.458 e. The number of carbonyl (C=O) groups excluding carboxylic acids is 2. The maximum atomic E-state index is 11.7. The summed E-state index contributed by atoms with van der Waals surface area (Å²) in [5.74, 6) is -0.176. The normalized spacial score (nSPS) is 18.6. The van der Waals surface area contributed by atoms with Gasteiger partial charge in [-0.25, -0.2) is 9.59 Å². The molecule has 1 saturated carbocycles. The lowest BCUT2D eigenvalue weighted by atomic mass is 9.94. The molecule has 0 amide bonds. The Balaban J connectivity index is 0.000000238. The predicted molar refractivity (Wildman–Crippen MR) is 123 cm³/mol. The van der Waals surface area contributed by atoms with Gasteiger partial charge < -0.3 is 25.7 Å². The third-order valence-electron chi connectivity index (χ3n) is 5.75. The van der Waals surface area contributed by atoms with Crippen LogP contribution in [0.3, 0.4) is 0 Å². The Bertz CT molecular complexity index is 830. The van der Waals surface area contributed by atoms with Gasteiger partial charge >= 0.3 is 11.9 Å². The average Bonchev–Trinajstić information content (AvgIpc) is 3.40. The van der Waals surface area contributed by atoms with E-state index >= 15 is 0 Å². The van der Waals surface area contributed by atoms with Crippen molar-refractivity contribution in [2.75, 3.05) is 31.3 Å². The lowest BCUT2D eigenvalue weighted by molar-refractivity contribution is 0.00961. The highest BCUT2D eigenvalue weighted by Gasteiger charge is 2.40. The van der Waals surface area contributed by atoms with E-state index in [9.17, 15) is 9.59 Å². The van der Waals surface area contributed by atoms with Crippen LogP contribution >= 0.6 is 0 Å². The fourth-order valence-electron chi connectivity index (χ4n) is 4.11. The summed E-state index contributed by atoms with van der Waals surface area (Å²) in [7, 11) is 0. The molecule has 1 atom stereocenters. The first kappa shape index (κ1) is 23.6. The Morgan fingerprint density at radius 1 is 0.875 bits per heavy atom. The van der Waals surface area contributed by atoms with Gasteiger partial charge in [-0.3, -0.25) is 0 Å². The predicted octanol–water partition coefficient (Wildman–Crippen LogP) is 4.22. The van der Waals surface area contributed by atoms with Gasteiger partial charge in [0.2, 0.25) is 0 Å². The molecular formula is C25H32N2O5. The van der Waals surface area contributed by atoms with E-state index in [-0.39, 0.29) is 13.2 Å². The molecule has 4 N–H and O–H groups in total. The standard InChI is InChI=1S/C16H16N2O4.C9H16O/c17-13-5-1-11(2-6-13)15(19)21-9-10-22-16(20)12-3-7-14(18)8-4-12;1-8-6-9(10-7-8)4-2-3-5-9/h1-8H,9-10,17-18H2;8H,2-7H2,1H3. The number of esters is 2. The minimum atomic E-state index is -0.497. The smallest absolute Gasteiger partial charge is 0.338 e. The second kappa shape index (κ2) is 11.0. The fraction of sp³-hybridized carbons (Fsp3) is 0.440. The average molecular weight is 441 g/mol. The molecule has 32 heavy (non-hydrogen) atoms. The van der Waals surface area contributed by atoms with Gasteiger partial charge in [0.25, 0.3) is 0 Å². The topological polar surface area (TPSA) is 114 Å². The van der Waals surface area contributed by atoms with Crippen LogP contribution in [0.4, 0.5) is 11.4 Å².